The average molecular weight is 234 g/mol. The standard InChI is InChI=1S/C14H22N2O/c1-11-9-13(7-8-17-11)15-12-5-4-6-14(10-12)16(2)3/h4-6,10-11,13,15H,7-9H2,1-3H3. The van der Waals surface area contributed by atoms with E-state index < -0.39 is 0 Å². The van der Waals surface area contributed by atoms with E-state index >= 15 is 0 Å². The summed E-state index contributed by atoms with van der Waals surface area (Å²) in [5, 5.41) is 3.60. The van der Waals surface area contributed by atoms with Gasteiger partial charge in [-0.15, -0.1) is 0 Å². The van der Waals surface area contributed by atoms with Gasteiger partial charge in [-0.2, -0.15) is 0 Å². The smallest absolute Gasteiger partial charge is 0.0566 e. The van der Waals surface area contributed by atoms with Gasteiger partial charge >= 0.3 is 0 Å². The van der Waals surface area contributed by atoms with E-state index in [9.17, 15) is 0 Å². The van der Waals surface area contributed by atoms with Gasteiger partial charge in [0.2, 0.25) is 0 Å². The number of rotatable bonds is 3. The molecule has 1 saturated heterocycles. The van der Waals surface area contributed by atoms with Gasteiger partial charge in [0.25, 0.3) is 0 Å². The molecule has 2 unspecified atom stereocenters. The molecule has 2 rings (SSSR count). The Hall–Kier alpha value is -1.22. The molecule has 2 atom stereocenters. The lowest BCUT2D eigenvalue weighted by Crippen LogP contribution is -2.32. The first-order valence-corrected chi connectivity index (χ1v) is 6.30. The van der Waals surface area contributed by atoms with Crippen molar-refractivity contribution in [2.24, 2.45) is 0 Å². The number of nitrogens with zero attached hydrogens (tertiary/aromatic N) is 1. The number of anilines is 2. The summed E-state index contributed by atoms with van der Waals surface area (Å²) in [7, 11) is 4.13. The van der Waals surface area contributed by atoms with Crippen LogP contribution in [0.15, 0.2) is 24.3 Å². The lowest BCUT2D eigenvalue weighted by atomic mass is 10.0. The minimum Gasteiger partial charge on any atom is -0.382 e. The molecule has 1 aromatic carbocycles. The van der Waals surface area contributed by atoms with Gasteiger partial charge < -0.3 is 15.0 Å². The third kappa shape index (κ3) is 3.37. The van der Waals surface area contributed by atoms with Crippen LogP contribution in [0.25, 0.3) is 0 Å². The summed E-state index contributed by atoms with van der Waals surface area (Å²) in [6.07, 6.45) is 2.56. The molecule has 94 valence electrons. The van der Waals surface area contributed by atoms with Crippen LogP contribution in [0.5, 0.6) is 0 Å². The van der Waals surface area contributed by atoms with Crippen LogP contribution in [0.1, 0.15) is 19.8 Å². The fourth-order valence-electron chi connectivity index (χ4n) is 2.24. The van der Waals surface area contributed by atoms with Crippen LogP contribution in [0.4, 0.5) is 11.4 Å². The largest absolute Gasteiger partial charge is 0.382 e. The molecule has 0 aromatic heterocycles. The molecule has 1 aliphatic heterocycles. The molecule has 3 heteroatoms. The molecule has 17 heavy (non-hydrogen) atoms. The molecule has 1 heterocycles. The Morgan fingerprint density at radius 3 is 2.88 bits per heavy atom. The van der Waals surface area contributed by atoms with Crippen molar-refractivity contribution in [3.8, 4) is 0 Å². The van der Waals surface area contributed by atoms with Crippen LogP contribution in [-0.4, -0.2) is 32.8 Å². The molecule has 1 N–H and O–H groups in total. The van der Waals surface area contributed by atoms with E-state index in [-0.39, 0.29) is 0 Å². The molecule has 0 amide bonds. The first-order valence-electron chi connectivity index (χ1n) is 6.30. The molecule has 0 aliphatic carbocycles. The molecule has 0 radical (unpaired) electrons. The number of ether oxygens (including phenoxy) is 1. The van der Waals surface area contributed by atoms with E-state index in [1.54, 1.807) is 0 Å². The Balaban J connectivity index is 2.00. The quantitative estimate of drug-likeness (QED) is 0.870. The molecular formula is C14H22N2O. The van der Waals surface area contributed by atoms with Crippen LogP contribution in [0, 0.1) is 0 Å². The summed E-state index contributed by atoms with van der Waals surface area (Å²) in [4.78, 5) is 2.12. The first-order chi connectivity index (χ1) is 8.15. The summed E-state index contributed by atoms with van der Waals surface area (Å²) >= 11 is 0. The highest BCUT2D eigenvalue weighted by atomic mass is 16.5. The monoisotopic (exact) mass is 234 g/mol. The highest BCUT2D eigenvalue weighted by Crippen LogP contribution is 2.22. The van der Waals surface area contributed by atoms with Gasteiger partial charge in [0.05, 0.1) is 6.10 Å². The summed E-state index contributed by atoms with van der Waals surface area (Å²) in [5.41, 5.74) is 2.44. The van der Waals surface area contributed by atoms with Gasteiger partial charge in [-0.05, 0) is 38.0 Å². The van der Waals surface area contributed by atoms with Crippen LogP contribution < -0.4 is 10.2 Å². The molecule has 3 nitrogen and oxygen atoms in total. The van der Waals surface area contributed by atoms with Crippen molar-refractivity contribution < 1.29 is 4.74 Å². The van der Waals surface area contributed by atoms with E-state index in [2.05, 4.69) is 55.5 Å². The zero-order valence-electron chi connectivity index (χ0n) is 10.9. The Kier molecular flexibility index (Phi) is 3.89. The van der Waals surface area contributed by atoms with Crippen molar-refractivity contribution in [2.45, 2.75) is 31.9 Å². The maximum Gasteiger partial charge on any atom is 0.0566 e. The van der Waals surface area contributed by atoms with E-state index in [1.807, 2.05) is 0 Å². The maximum absolute atomic E-state index is 5.56. The highest BCUT2D eigenvalue weighted by molar-refractivity contribution is 5.57. The van der Waals surface area contributed by atoms with E-state index in [0.29, 0.717) is 12.1 Å². The predicted molar refractivity (Wildman–Crippen MR) is 72.8 cm³/mol. The zero-order chi connectivity index (χ0) is 12.3. The summed E-state index contributed by atoms with van der Waals surface area (Å²) in [6.45, 7) is 3.01. The second-order valence-electron chi connectivity index (χ2n) is 4.99. The van der Waals surface area contributed by atoms with Gasteiger partial charge in [-0.1, -0.05) is 6.07 Å². The van der Waals surface area contributed by atoms with Crippen LogP contribution in [0.2, 0.25) is 0 Å². The second kappa shape index (κ2) is 5.41. The number of hydrogen-bond donors (Lipinski definition) is 1. The fourth-order valence-corrected chi connectivity index (χ4v) is 2.24. The van der Waals surface area contributed by atoms with Crippen molar-refractivity contribution in [1.82, 2.24) is 0 Å². The van der Waals surface area contributed by atoms with Gasteiger partial charge in [0.15, 0.2) is 0 Å². The summed E-state index contributed by atoms with van der Waals surface area (Å²) < 4.78 is 5.56. The Labute approximate surface area is 104 Å². The van der Waals surface area contributed by atoms with Crippen molar-refractivity contribution in [2.75, 3.05) is 30.9 Å². The van der Waals surface area contributed by atoms with E-state index in [1.165, 1.54) is 11.4 Å². The topological polar surface area (TPSA) is 24.5 Å². The number of nitrogens with one attached hydrogen (secondary N) is 1. The molecular weight excluding hydrogens is 212 g/mol. The predicted octanol–water partition coefficient (Wildman–Crippen LogP) is 2.73. The third-order valence-corrected chi connectivity index (χ3v) is 3.22. The second-order valence-corrected chi connectivity index (χ2v) is 4.99. The lowest BCUT2D eigenvalue weighted by molar-refractivity contribution is 0.0232. The molecule has 1 aliphatic rings. The molecule has 0 saturated carbocycles. The summed E-state index contributed by atoms with van der Waals surface area (Å²) in [5.74, 6) is 0. The van der Waals surface area contributed by atoms with Crippen molar-refractivity contribution in [1.29, 1.82) is 0 Å². The zero-order valence-corrected chi connectivity index (χ0v) is 10.9. The van der Waals surface area contributed by atoms with Gasteiger partial charge in [-0.3, -0.25) is 0 Å². The average Bonchev–Trinajstić information content (AvgIpc) is 2.29. The molecule has 1 aromatic rings. The normalized spacial score (nSPS) is 24.4. The van der Waals surface area contributed by atoms with Gasteiger partial charge in [-0.25, -0.2) is 0 Å². The Morgan fingerprint density at radius 1 is 1.35 bits per heavy atom. The minimum absolute atomic E-state index is 0.373. The molecule has 0 bridgehead atoms. The van der Waals surface area contributed by atoms with Crippen LogP contribution >= 0.6 is 0 Å². The third-order valence-electron chi connectivity index (χ3n) is 3.22. The fraction of sp³-hybridized carbons (Fsp3) is 0.571. The summed E-state index contributed by atoms with van der Waals surface area (Å²) in [6, 6.07) is 9.09. The van der Waals surface area contributed by atoms with Crippen molar-refractivity contribution in [3.05, 3.63) is 24.3 Å². The minimum atomic E-state index is 0.373. The number of hydrogen-bond acceptors (Lipinski definition) is 3. The van der Waals surface area contributed by atoms with E-state index in [4.69, 9.17) is 4.74 Å². The Morgan fingerprint density at radius 2 is 2.18 bits per heavy atom. The SMILES string of the molecule is CC1CC(Nc2cccc(N(C)C)c2)CCO1. The highest BCUT2D eigenvalue weighted by Gasteiger charge is 2.18. The molecule has 1 fully saturated rings. The Bertz CT molecular complexity index is 365. The first kappa shape index (κ1) is 12.2. The van der Waals surface area contributed by atoms with E-state index in [0.717, 1.165) is 19.4 Å². The van der Waals surface area contributed by atoms with Gasteiger partial charge in [0.1, 0.15) is 0 Å². The van der Waals surface area contributed by atoms with Crippen LogP contribution in [-0.2, 0) is 4.74 Å². The van der Waals surface area contributed by atoms with Crippen molar-refractivity contribution in [3.63, 3.8) is 0 Å². The molecule has 0 spiro atoms. The lowest BCUT2D eigenvalue weighted by Gasteiger charge is -2.29. The van der Waals surface area contributed by atoms with Crippen molar-refractivity contribution >= 4 is 11.4 Å². The van der Waals surface area contributed by atoms with Gasteiger partial charge in [0, 0.05) is 38.1 Å². The number of benzene rings is 1. The maximum atomic E-state index is 5.56. The van der Waals surface area contributed by atoms with Crippen LogP contribution in [0.3, 0.4) is 0 Å².